The van der Waals surface area contributed by atoms with Gasteiger partial charge in [-0.1, -0.05) is 35.3 Å². The minimum absolute atomic E-state index is 0.0161. The molecular weight excluding hydrogens is 425 g/mol. The van der Waals surface area contributed by atoms with Crippen molar-refractivity contribution >= 4 is 50.7 Å². The number of benzene rings is 2. The lowest BCUT2D eigenvalue weighted by atomic mass is 10.2. The van der Waals surface area contributed by atoms with Gasteiger partial charge in [-0.15, -0.1) is 0 Å². The van der Waals surface area contributed by atoms with Crippen molar-refractivity contribution in [3.8, 4) is 0 Å². The summed E-state index contributed by atoms with van der Waals surface area (Å²) in [7, 11) is 0.452. The van der Waals surface area contributed by atoms with E-state index in [1.807, 2.05) is 0 Å². The minimum Gasteiger partial charge on any atom is -0.332 e. The highest BCUT2D eigenvalue weighted by Crippen LogP contribution is 2.24. The molecule has 10 heteroatoms. The van der Waals surface area contributed by atoms with Crippen molar-refractivity contribution in [2.24, 2.45) is 0 Å². The molecule has 0 aliphatic heterocycles. The van der Waals surface area contributed by atoms with E-state index in [4.69, 9.17) is 23.2 Å². The maximum absolute atomic E-state index is 12.7. The molecule has 2 amide bonds. The third-order valence-corrected chi connectivity index (χ3v) is 6.29. The van der Waals surface area contributed by atoms with E-state index in [1.54, 1.807) is 24.3 Å². The first-order chi connectivity index (χ1) is 13.0. The second-order valence-electron chi connectivity index (χ2n) is 6.12. The first kappa shape index (κ1) is 22.2. The Bertz CT molecular complexity index is 1010. The molecule has 0 aromatic heterocycles. The Kier molecular flexibility index (Phi) is 7.06. The van der Waals surface area contributed by atoms with Crippen molar-refractivity contribution in [1.82, 2.24) is 9.21 Å². The van der Waals surface area contributed by atoms with Crippen LogP contribution in [0.15, 0.2) is 47.4 Å². The zero-order valence-electron chi connectivity index (χ0n) is 15.4. The summed E-state index contributed by atoms with van der Waals surface area (Å²) in [6.07, 6.45) is 0. The Morgan fingerprint density at radius 1 is 1.00 bits per heavy atom. The molecule has 0 fully saturated rings. The van der Waals surface area contributed by atoms with Crippen molar-refractivity contribution in [3.05, 3.63) is 58.1 Å². The highest BCUT2D eigenvalue weighted by Gasteiger charge is 2.23. The molecule has 0 aliphatic carbocycles. The highest BCUT2D eigenvalue weighted by molar-refractivity contribution is 7.89. The van der Waals surface area contributed by atoms with Crippen molar-refractivity contribution in [2.45, 2.75) is 4.90 Å². The summed E-state index contributed by atoms with van der Waals surface area (Å²) in [6.45, 7) is -0.273. The van der Waals surface area contributed by atoms with Gasteiger partial charge in [-0.3, -0.25) is 9.59 Å². The van der Waals surface area contributed by atoms with Crippen LogP contribution in [-0.2, 0) is 14.8 Å². The second-order valence-corrected chi connectivity index (χ2v) is 9.08. The SMILES string of the molecule is CN(CC(=O)Nc1ccccc1Cl)C(=O)c1cc(S(=O)(=O)N(C)C)ccc1Cl. The molecule has 2 rings (SSSR count). The van der Waals surface area contributed by atoms with Gasteiger partial charge in [0.05, 0.1) is 32.7 Å². The van der Waals surface area contributed by atoms with E-state index < -0.39 is 21.8 Å². The third-order valence-electron chi connectivity index (χ3n) is 3.82. The summed E-state index contributed by atoms with van der Waals surface area (Å²) in [5.41, 5.74) is 0.407. The molecule has 0 bridgehead atoms. The Morgan fingerprint density at radius 2 is 1.64 bits per heavy atom. The van der Waals surface area contributed by atoms with E-state index in [1.165, 1.54) is 39.3 Å². The summed E-state index contributed by atoms with van der Waals surface area (Å²) in [4.78, 5) is 26.0. The summed E-state index contributed by atoms with van der Waals surface area (Å²) < 4.78 is 25.6. The molecule has 150 valence electrons. The largest absolute Gasteiger partial charge is 0.332 e. The molecule has 0 spiro atoms. The molecule has 1 N–H and O–H groups in total. The van der Waals surface area contributed by atoms with Gasteiger partial charge in [0.15, 0.2) is 0 Å². The summed E-state index contributed by atoms with van der Waals surface area (Å²) in [5.74, 6) is -1.05. The molecule has 0 radical (unpaired) electrons. The molecule has 2 aromatic carbocycles. The van der Waals surface area contributed by atoms with Crippen LogP contribution in [0, 0.1) is 0 Å². The van der Waals surface area contributed by atoms with Gasteiger partial charge in [-0.25, -0.2) is 12.7 Å². The number of halogens is 2. The maximum atomic E-state index is 12.7. The number of para-hydroxylation sites is 1. The average molecular weight is 444 g/mol. The van der Waals surface area contributed by atoms with Gasteiger partial charge in [0, 0.05) is 21.1 Å². The van der Waals surface area contributed by atoms with Crippen molar-refractivity contribution in [1.29, 1.82) is 0 Å². The van der Waals surface area contributed by atoms with Crippen LogP contribution in [0.4, 0.5) is 5.69 Å². The van der Waals surface area contributed by atoms with Crippen molar-refractivity contribution < 1.29 is 18.0 Å². The number of amides is 2. The van der Waals surface area contributed by atoms with E-state index in [9.17, 15) is 18.0 Å². The lowest BCUT2D eigenvalue weighted by molar-refractivity contribution is -0.116. The fraction of sp³-hybridized carbons (Fsp3) is 0.222. The number of nitrogens with one attached hydrogen (secondary N) is 1. The van der Waals surface area contributed by atoms with Gasteiger partial charge >= 0.3 is 0 Å². The predicted molar refractivity (Wildman–Crippen MR) is 109 cm³/mol. The van der Waals surface area contributed by atoms with Crippen LogP contribution in [0.25, 0.3) is 0 Å². The fourth-order valence-electron chi connectivity index (χ4n) is 2.28. The van der Waals surface area contributed by atoms with Crippen LogP contribution in [0.5, 0.6) is 0 Å². The molecule has 7 nitrogen and oxygen atoms in total. The van der Waals surface area contributed by atoms with Crippen molar-refractivity contribution in [2.75, 3.05) is 33.0 Å². The van der Waals surface area contributed by atoms with E-state index in [2.05, 4.69) is 5.32 Å². The zero-order chi connectivity index (χ0) is 21.1. The number of carbonyl (C=O) groups is 2. The molecular formula is C18H19Cl2N3O4S. The van der Waals surface area contributed by atoms with Crippen LogP contribution in [-0.4, -0.2) is 57.1 Å². The first-order valence-corrected chi connectivity index (χ1v) is 10.3. The van der Waals surface area contributed by atoms with Crippen molar-refractivity contribution in [3.63, 3.8) is 0 Å². The van der Waals surface area contributed by atoms with E-state index in [0.29, 0.717) is 10.7 Å². The Balaban J connectivity index is 2.19. The van der Waals surface area contributed by atoms with Gasteiger partial charge in [0.2, 0.25) is 15.9 Å². The van der Waals surface area contributed by atoms with E-state index in [0.717, 1.165) is 9.21 Å². The van der Waals surface area contributed by atoms with Crippen LogP contribution in [0.1, 0.15) is 10.4 Å². The van der Waals surface area contributed by atoms with E-state index in [-0.39, 0.29) is 22.0 Å². The van der Waals surface area contributed by atoms with Gasteiger partial charge < -0.3 is 10.2 Å². The molecule has 0 saturated carbocycles. The van der Waals surface area contributed by atoms with Gasteiger partial charge in [-0.2, -0.15) is 0 Å². The molecule has 0 saturated heterocycles. The van der Waals surface area contributed by atoms with Gasteiger partial charge in [-0.05, 0) is 30.3 Å². The minimum atomic E-state index is -3.73. The molecule has 0 atom stereocenters. The summed E-state index contributed by atoms with van der Waals surface area (Å²) >= 11 is 12.1. The summed E-state index contributed by atoms with van der Waals surface area (Å²) in [6, 6.07) is 10.6. The van der Waals surface area contributed by atoms with Crippen LogP contribution in [0.2, 0.25) is 10.0 Å². The number of rotatable bonds is 6. The maximum Gasteiger partial charge on any atom is 0.255 e. The number of likely N-dealkylation sites (N-methyl/N-ethyl adjacent to an activating group) is 1. The third kappa shape index (κ3) is 5.02. The number of hydrogen-bond acceptors (Lipinski definition) is 4. The Morgan fingerprint density at radius 3 is 2.25 bits per heavy atom. The van der Waals surface area contributed by atoms with Crippen LogP contribution >= 0.6 is 23.2 Å². The molecule has 28 heavy (non-hydrogen) atoms. The standard InChI is InChI=1S/C18H19Cl2N3O4S/c1-22(2)28(26,27)12-8-9-14(19)13(10-12)18(25)23(3)11-17(24)21-16-7-5-4-6-15(16)20/h4-10H,11H2,1-3H3,(H,21,24). The summed E-state index contributed by atoms with van der Waals surface area (Å²) in [5, 5.41) is 3.07. The second kappa shape index (κ2) is 8.91. The number of nitrogens with zero attached hydrogens (tertiary/aromatic N) is 2. The number of anilines is 1. The zero-order valence-corrected chi connectivity index (χ0v) is 17.8. The molecule has 0 unspecified atom stereocenters. The molecule has 0 aliphatic rings. The predicted octanol–water partition coefficient (Wildman–Crippen LogP) is 2.95. The van der Waals surface area contributed by atoms with Crippen LogP contribution in [0.3, 0.4) is 0 Å². The average Bonchev–Trinajstić information content (AvgIpc) is 2.63. The molecule has 0 heterocycles. The topological polar surface area (TPSA) is 86.8 Å². The van der Waals surface area contributed by atoms with Gasteiger partial charge in [0.1, 0.15) is 0 Å². The number of sulfonamides is 1. The van der Waals surface area contributed by atoms with Crippen LogP contribution < -0.4 is 5.32 Å². The van der Waals surface area contributed by atoms with Gasteiger partial charge in [0.25, 0.3) is 5.91 Å². The lowest BCUT2D eigenvalue weighted by Gasteiger charge is -2.19. The fourth-order valence-corrected chi connectivity index (χ4v) is 3.59. The first-order valence-electron chi connectivity index (χ1n) is 8.06. The number of hydrogen-bond donors (Lipinski definition) is 1. The highest BCUT2D eigenvalue weighted by atomic mass is 35.5. The quantitative estimate of drug-likeness (QED) is 0.743. The Hall–Kier alpha value is -2.13. The monoisotopic (exact) mass is 443 g/mol. The normalized spacial score (nSPS) is 11.4. The molecule has 2 aromatic rings. The lowest BCUT2D eigenvalue weighted by Crippen LogP contribution is -2.35. The number of carbonyl (C=O) groups excluding carboxylic acids is 2. The smallest absolute Gasteiger partial charge is 0.255 e. The van der Waals surface area contributed by atoms with E-state index >= 15 is 0 Å². The Labute approximate surface area is 173 Å².